The van der Waals surface area contributed by atoms with Gasteiger partial charge in [0.25, 0.3) is 0 Å². The van der Waals surface area contributed by atoms with Gasteiger partial charge in [0.05, 0.1) is 0 Å². The second kappa shape index (κ2) is 6.79. The highest BCUT2D eigenvalue weighted by Crippen LogP contribution is 2.32. The summed E-state index contributed by atoms with van der Waals surface area (Å²) in [6, 6.07) is 26.1. The molecule has 0 fully saturated rings. The van der Waals surface area contributed by atoms with Crippen LogP contribution in [0, 0.1) is 0 Å². The smallest absolute Gasteiger partial charge is 0.221 e. The fourth-order valence-corrected chi connectivity index (χ4v) is 2.48. The second-order valence-electron chi connectivity index (χ2n) is 5.30. The van der Waals surface area contributed by atoms with Crippen LogP contribution in [-0.2, 0) is 4.79 Å². The zero-order valence-corrected chi connectivity index (χ0v) is 12.9. The van der Waals surface area contributed by atoms with E-state index in [1.54, 1.807) is 0 Å². The van der Waals surface area contributed by atoms with Crippen molar-refractivity contribution in [1.82, 2.24) is 0 Å². The molecule has 0 aliphatic heterocycles. The monoisotopic (exact) mass is 302 g/mol. The first-order valence-corrected chi connectivity index (χ1v) is 7.51. The minimum Gasteiger partial charge on any atom is -0.355 e. The molecule has 0 bridgehead atoms. The van der Waals surface area contributed by atoms with E-state index in [1.165, 1.54) is 6.92 Å². The number of hydrogen-bond donors (Lipinski definition) is 2. The minimum atomic E-state index is -0.0804. The number of hydrogen-bond acceptors (Lipinski definition) is 2. The van der Waals surface area contributed by atoms with Gasteiger partial charge in [-0.15, -0.1) is 0 Å². The maximum atomic E-state index is 11.3. The van der Waals surface area contributed by atoms with E-state index in [2.05, 4.69) is 22.8 Å². The summed E-state index contributed by atoms with van der Waals surface area (Å²) in [6.45, 7) is 1.51. The summed E-state index contributed by atoms with van der Waals surface area (Å²) >= 11 is 0. The average molecular weight is 302 g/mol. The van der Waals surface area contributed by atoms with Crippen LogP contribution in [0.25, 0.3) is 11.1 Å². The predicted molar refractivity (Wildman–Crippen MR) is 95.9 cm³/mol. The number of benzene rings is 3. The number of rotatable bonds is 4. The van der Waals surface area contributed by atoms with Gasteiger partial charge in [-0.2, -0.15) is 0 Å². The Kier molecular flexibility index (Phi) is 4.39. The number of carbonyl (C=O) groups excluding carboxylic acids is 1. The van der Waals surface area contributed by atoms with Crippen LogP contribution in [-0.4, -0.2) is 5.91 Å². The lowest BCUT2D eigenvalue weighted by molar-refractivity contribution is -0.114. The molecule has 0 unspecified atom stereocenters. The van der Waals surface area contributed by atoms with E-state index in [0.29, 0.717) is 0 Å². The maximum Gasteiger partial charge on any atom is 0.221 e. The molecule has 2 N–H and O–H groups in total. The van der Waals surface area contributed by atoms with Crippen molar-refractivity contribution in [3.05, 3.63) is 78.9 Å². The Bertz CT molecular complexity index is 798. The number of carbonyl (C=O) groups is 1. The Hall–Kier alpha value is -3.07. The molecule has 0 aromatic heterocycles. The van der Waals surface area contributed by atoms with E-state index in [1.807, 2.05) is 66.7 Å². The van der Waals surface area contributed by atoms with Gasteiger partial charge >= 0.3 is 0 Å². The van der Waals surface area contributed by atoms with Crippen LogP contribution in [0.5, 0.6) is 0 Å². The van der Waals surface area contributed by atoms with Crippen LogP contribution in [0.3, 0.4) is 0 Å². The topological polar surface area (TPSA) is 41.1 Å². The third kappa shape index (κ3) is 3.77. The largest absolute Gasteiger partial charge is 0.355 e. The molecule has 3 rings (SSSR count). The molecule has 3 aromatic carbocycles. The SMILES string of the molecule is CC(=O)Nc1ccc(-c2ccccc2)c(Nc2ccccc2)c1. The molecular weight excluding hydrogens is 284 g/mol. The Labute approximate surface area is 136 Å². The predicted octanol–water partition coefficient (Wildman–Crippen LogP) is 5.06. The Morgan fingerprint density at radius 1 is 0.783 bits per heavy atom. The van der Waals surface area contributed by atoms with Crippen LogP contribution in [0.15, 0.2) is 78.9 Å². The summed E-state index contributed by atoms with van der Waals surface area (Å²) in [6.07, 6.45) is 0. The van der Waals surface area contributed by atoms with Gasteiger partial charge < -0.3 is 10.6 Å². The van der Waals surface area contributed by atoms with Crippen molar-refractivity contribution in [1.29, 1.82) is 0 Å². The molecule has 0 heterocycles. The van der Waals surface area contributed by atoms with Gasteiger partial charge in [-0.1, -0.05) is 54.6 Å². The molecule has 0 radical (unpaired) electrons. The van der Waals surface area contributed by atoms with Crippen molar-refractivity contribution in [2.45, 2.75) is 6.92 Å². The Morgan fingerprint density at radius 2 is 1.43 bits per heavy atom. The molecule has 0 aliphatic rings. The van der Waals surface area contributed by atoms with E-state index in [4.69, 9.17) is 0 Å². The van der Waals surface area contributed by atoms with Crippen LogP contribution in [0.1, 0.15) is 6.92 Å². The molecular formula is C20H18N2O. The van der Waals surface area contributed by atoms with Crippen LogP contribution in [0.2, 0.25) is 0 Å². The quantitative estimate of drug-likeness (QED) is 0.707. The van der Waals surface area contributed by atoms with Gasteiger partial charge in [-0.25, -0.2) is 0 Å². The summed E-state index contributed by atoms with van der Waals surface area (Å²) in [7, 11) is 0. The van der Waals surface area contributed by atoms with Crippen molar-refractivity contribution in [3.8, 4) is 11.1 Å². The van der Waals surface area contributed by atoms with E-state index in [-0.39, 0.29) is 5.91 Å². The van der Waals surface area contributed by atoms with Crippen molar-refractivity contribution in [2.75, 3.05) is 10.6 Å². The van der Waals surface area contributed by atoms with Crippen LogP contribution >= 0.6 is 0 Å². The van der Waals surface area contributed by atoms with Gasteiger partial charge in [0, 0.05) is 29.5 Å². The fraction of sp³-hybridized carbons (Fsp3) is 0.0500. The molecule has 0 spiro atoms. The van der Waals surface area contributed by atoms with E-state index < -0.39 is 0 Å². The first-order chi connectivity index (χ1) is 11.2. The van der Waals surface area contributed by atoms with E-state index >= 15 is 0 Å². The zero-order chi connectivity index (χ0) is 16.1. The van der Waals surface area contributed by atoms with E-state index in [0.717, 1.165) is 28.2 Å². The van der Waals surface area contributed by atoms with Crippen molar-refractivity contribution in [3.63, 3.8) is 0 Å². The number of anilines is 3. The molecule has 0 atom stereocenters. The molecule has 3 nitrogen and oxygen atoms in total. The Morgan fingerprint density at radius 3 is 2.09 bits per heavy atom. The summed E-state index contributed by atoms with van der Waals surface area (Å²) in [5.74, 6) is -0.0804. The van der Waals surface area contributed by atoms with Crippen LogP contribution in [0.4, 0.5) is 17.1 Å². The molecule has 0 aliphatic carbocycles. The lowest BCUT2D eigenvalue weighted by atomic mass is 10.0. The average Bonchev–Trinajstić information content (AvgIpc) is 2.56. The minimum absolute atomic E-state index is 0.0804. The zero-order valence-electron chi connectivity index (χ0n) is 12.9. The molecule has 0 saturated heterocycles. The summed E-state index contributed by atoms with van der Waals surface area (Å²) in [5, 5.41) is 6.26. The fourth-order valence-electron chi connectivity index (χ4n) is 2.48. The highest BCUT2D eigenvalue weighted by atomic mass is 16.1. The number of para-hydroxylation sites is 1. The lowest BCUT2D eigenvalue weighted by Gasteiger charge is -2.14. The molecule has 23 heavy (non-hydrogen) atoms. The van der Waals surface area contributed by atoms with Gasteiger partial charge in [0.1, 0.15) is 0 Å². The standard InChI is InChI=1S/C20H18N2O/c1-15(23)21-18-12-13-19(16-8-4-2-5-9-16)20(14-18)22-17-10-6-3-7-11-17/h2-14,22H,1H3,(H,21,23). The lowest BCUT2D eigenvalue weighted by Crippen LogP contribution is -2.06. The summed E-state index contributed by atoms with van der Waals surface area (Å²) < 4.78 is 0. The Balaban J connectivity index is 2.02. The van der Waals surface area contributed by atoms with E-state index in [9.17, 15) is 4.79 Å². The van der Waals surface area contributed by atoms with Crippen LogP contribution < -0.4 is 10.6 Å². The normalized spacial score (nSPS) is 10.1. The van der Waals surface area contributed by atoms with Gasteiger partial charge in [0.15, 0.2) is 0 Å². The number of amides is 1. The highest BCUT2D eigenvalue weighted by molar-refractivity contribution is 5.91. The van der Waals surface area contributed by atoms with Crippen molar-refractivity contribution >= 4 is 23.0 Å². The summed E-state index contributed by atoms with van der Waals surface area (Å²) in [4.78, 5) is 11.3. The third-order valence-corrected chi connectivity index (χ3v) is 3.48. The van der Waals surface area contributed by atoms with Crippen molar-refractivity contribution in [2.24, 2.45) is 0 Å². The number of nitrogens with one attached hydrogen (secondary N) is 2. The summed E-state index contributed by atoms with van der Waals surface area (Å²) in [5.41, 5.74) is 4.94. The first-order valence-electron chi connectivity index (χ1n) is 7.51. The van der Waals surface area contributed by atoms with Gasteiger partial charge in [0.2, 0.25) is 5.91 Å². The van der Waals surface area contributed by atoms with Gasteiger partial charge in [-0.3, -0.25) is 4.79 Å². The molecule has 1 amide bonds. The molecule has 3 aromatic rings. The molecule has 3 heteroatoms. The first kappa shape index (κ1) is 14.9. The third-order valence-electron chi connectivity index (χ3n) is 3.48. The van der Waals surface area contributed by atoms with Gasteiger partial charge in [-0.05, 0) is 29.8 Å². The molecule has 114 valence electrons. The highest BCUT2D eigenvalue weighted by Gasteiger charge is 2.07. The van der Waals surface area contributed by atoms with Crippen molar-refractivity contribution < 1.29 is 4.79 Å². The second-order valence-corrected chi connectivity index (χ2v) is 5.30. The maximum absolute atomic E-state index is 11.3. The molecule has 0 saturated carbocycles.